The summed E-state index contributed by atoms with van der Waals surface area (Å²) in [5, 5.41) is 3.33. The zero-order chi connectivity index (χ0) is 17.4. The van der Waals surface area contributed by atoms with Gasteiger partial charge in [-0.25, -0.2) is 8.42 Å². The SMILES string of the molecule is CCNC(=NCCCS(=O)(=O)c1ccccc1)N1CCCC(C)C1.I. The number of guanidine groups is 1. The molecule has 1 heterocycles. The summed E-state index contributed by atoms with van der Waals surface area (Å²) in [6.45, 7) is 7.73. The number of nitrogens with one attached hydrogen (secondary N) is 1. The third-order valence-electron chi connectivity index (χ3n) is 4.23. The van der Waals surface area contributed by atoms with Crippen LogP contribution in [0.15, 0.2) is 40.2 Å². The van der Waals surface area contributed by atoms with Crippen molar-refractivity contribution in [1.29, 1.82) is 0 Å². The van der Waals surface area contributed by atoms with E-state index in [-0.39, 0.29) is 29.7 Å². The first kappa shape index (κ1) is 22.2. The smallest absolute Gasteiger partial charge is 0.193 e. The number of nitrogens with zero attached hydrogens (tertiary/aromatic N) is 2. The van der Waals surface area contributed by atoms with Crippen molar-refractivity contribution in [3.05, 3.63) is 30.3 Å². The molecule has 1 aliphatic heterocycles. The molecule has 1 saturated heterocycles. The minimum absolute atomic E-state index is 0. The number of hydrogen-bond acceptors (Lipinski definition) is 3. The number of sulfone groups is 1. The Kier molecular flexibility index (Phi) is 9.78. The Morgan fingerprint density at radius 3 is 2.68 bits per heavy atom. The number of rotatable bonds is 6. The summed E-state index contributed by atoms with van der Waals surface area (Å²) in [4.78, 5) is 7.32. The molecule has 2 rings (SSSR count). The molecule has 5 nitrogen and oxygen atoms in total. The summed E-state index contributed by atoms with van der Waals surface area (Å²) < 4.78 is 24.5. The van der Waals surface area contributed by atoms with E-state index in [4.69, 9.17) is 0 Å². The molecule has 1 aromatic rings. The monoisotopic (exact) mass is 479 g/mol. The normalized spacial score (nSPS) is 18.6. The van der Waals surface area contributed by atoms with Crippen LogP contribution >= 0.6 is 24.0 Å². The van der Waals surface area contributed by atoms with E-state index in [0.717, 1.165) is 25.6 Å². The van der Waals surface area contributed by atoms with Gasteiger partial charge in [-0.3, -0.25) is 4.99 Å². The van der Waals surface area contributed by atoms with Gasteiger partial charge in [0.15, 0.2) is 15.8 Å². The lowest BCUT2D eigenvalue weighted by Gasteiger charge is -2.33. The van der Waals surface area contributed by atoms with Gasteiger partial charge in [0.2, 0.25) is 0 Å². The highest BCUT2D eigenvalue weighted by atomic mass is 127. The molecular weight excluding hydrogens is 449 g/mol. The summed E-state index contributed by atoms with van der Waals surface area (Å²) >= 11 is 0. The molecule has 0 amide bonds. The second-order valence-corrected chi connectivity index (χ2v) is 8.52. The van der Waals surface area contributed by atoms with E-state index in [1.807, 2.05) is 6.07 Å². The van der Waals surface area contributed by atoms with Gasteiger partial charge in [0, 0.05) is 26.2 Å². The van der Waals surface area contributed by atoms with Crippen LogP contribution in [0.5, 0.6) is 0 Å². The Labute approximate surface area is 169 Å². The van der Waals surface area contributed by atoms with Crippen molar-refractivity contribution in [2.75, 3.05) is 31.9 Å². The summed E-state index contributed by atoms with van der Waals surface area (Å²) in [7, 11) is -3.21. The fourth-order valence-electron chi connectivity index (χ4n) is 2.99. The first-order valence-corrected chi connectivity index (χ1v) is 10.5. The lowest BCUT2D eigenvalue weighted by molar-refractivity contribution is 0.266. The van der Waals surface area contributed by atoms with Gasteiger partial charge < -0.3 is 10.2 Å². The number of piperidine rings is 1. The minimum Gasteiger partial charge on any atom is -0.357 e. The zero-order valence-corrected chi connectivity index (χ0v) is 18.3. The molecule has 1 aromatic carbocycles. The van der Waals surface area contributed by atoms with E-state index in [1.54, 1.807) is 24.3 Å². The Balaban J connectivity index is 0.00000312. The van der Waals surface area contributed by atoms with Crippen LogP contribution in [0.4, 0.5) is 0 Å². The fourth-order valence-corrected chi connectivity index (χ4v) is 4.31. The van der Waals surface area contributed by atoms with Gasteiger partial charge in [0.05, 0.1) is 10.6 Å². The van der Waals surface area contributed by atoms with Gasteiger partial charge >= 0.3 is 0 Å². The predicted molar refractivity (Wildman–Crippen MR) is 114 cm³/mol. The van der Waals surface area contributed by atoms with E-state index in [1.165, 1.54) is 12.8 Å². The molecule has 0 radical (unpaired) electrons. The van der Waals surface area contributed by atoms with Crippen LogP contribution in [-0.4, -0.2) is 51.2 Å². The van der Waals surface area contributed by atoms with Gasteiger partial charge in [-0.2, -0.15) is 0 Å². The third kappa shape index (κ3) is 7.13. The van der Waals surface area contributed by atoms with Crippen LogP contribution < -0.4 is 5.32 Å². The maximum atomic E-state index is 12.3. The van der Waals surface area contributed by atoms with Gasteiger partial charge in [-0.1, -0.05) is 25.1 Å². The number of aliphatic imine (C=N–C) groups is 1. The Morgan fingerprint density at radius 1 is 1.32 bits per heavy atom. The molecular formula is C18H30IN3O2S. The van der Waals surface area contributed by atoms with Crippen molar-refractivity contribution in [3.8, 4) is 0 Å². The maximum Gasteiger partial charge on any atom is 0.193 e. The predicted octanol–water partition coefficient (Wildman–Crippen LogP) is 3.17. The minimum atomic E-state index is -3.21. The van der Waals surface area contributed by atoms with Crippen molar-refractivity contribution >= 4 is 39.8 Å². The summed E-state index contributed by atoms with van der Waals surface area (Å²) in [5.74, 6) is 1.73. The Morgan fingerprint density at radius 2 is 2.04 bits per heavy atom. The van der Waals surface area contributed by atoms with Gasteiger partial charge in [-0.05, 0) is 44.2 Å². The lowest BCUT2D eigenvalue weighted by atomic mass is 10.0. The maximum absolute atomic E-state index is 12.3. The number of hydrogen-bond donors (Lipinski definition) is 1. The largest absolute Gasteiger partial charge is 0.357 e. The Hall–Kier alpha value is -0.830. The number of halogens is 1. The van der Waals surface area contributed by atoms with E-state index < -0.39 is 9.84 Å². The first-order valence-electron chi connectivity index (χ1n) is 8.84. The van der Waals surface area contributed by atoms with Crippen LogP contribution in [0.2, 0.25) is 0 Å². The van der Waals surface area contributed by atoms with Crippen LogP contribution in [-0.2, 0) is 9.84 Å². The van der Waals surface area contributed by atoms with Crippen LogP contribution in [0.1, 0.15) is 33.1 Å². The highest BCUT2D eigenvalue weighted by Gasteiger charge is 2.19. The van der Waals surface area contributed by atoms with Gasteiger partial charge in [0.25, 0.3) is 0 Å². The second kappa shape index (κ2) is 11.0. The molecule has 1 aliphatic rings. The average Bonchev–Trinajstić information content (AvgIpc) is 2.58. The molecule has 1 fully saturated rings. The molecule has 0 spiro atoms. The molecule has 1 atom stereocenters. The molecule has 25 heavy (non-hydrogen) atoms. The molecule has 0 saturated carbocycles. The van der Waals surface area contributed by atoms with E-state index >= 15 is 0 Å². The van der Waals surface area contributed by atoms with Crippen LogP contribution in [0, 0.1) is 5.92 Å². The average molecular weight is 479 g/mol. The highest BCUT2D eigenvalue weighted by molar-refractivity contribution is 14.0. The molecule has 1 N–H and O–H groups in total. The topological polar surface area (TPSA) is 61.8 Å². The number of benzene rings is 1. The third-order valence-corrected chi connectivity index (χ3v) is 6.04. The Bertz CT molecular complexity index is 635. The molecule has 0 aliphatic carbocycles. The van der Waals surface area contributed by atoms with Gasteiger partial charge in [-0.15, -0.1) is 24.0 Å². The molecule has 142 valence electrons. The zero-order valence-electron chi connectivity index (χ0n) is 15.1. The molecule has 0 bridgehead atoms. The molecule has 0 aromatic heterocycles. The van der Waals surface area contributed by atoms with Crippen molar-refractivity contribution in [2.24, 2.45) is 10.9 Å². The summed E-state index contributed by atoms with van der Waals surface area (Å²) in [6, 6.07) is 8.64. The summed E-state index contributed by atoms with van der Waals surface area (Å²) in [6.07, 6.45) is 2.99. The lowest BCUT2D eigenvalue weighted by Crippen LogP contribution is -2.46. The highest BCUT2D eigenvalue weighted by Crippen LogP contribution is 2.15. The fraction of sp³-hybridized carbons (Fsp3) is 0.611. The molecule has 1 unspecified atom stereocenters. The summed E-state index contributed by atoms with van der Waals surface area (Å²) in [5.41, 5.74) is 0. The van der Waals surface area contributed by atoms with Crippen LogP contribution in [0.3, 0.4) is 0 Å². The number of likely N-dealkylation sites (tertiary alicyclic amines) is 1. The van der Waals surface area contributed by atoms with Crippen molar-refractivity contribution in [3.63, 3.8) is 0 Å². The van der Waals surface area contributed by atoms with E-state index in [9.17, 15) is 8.42 Å². The second-order valence-electron chi connectivity index (χ2n) is 6.41. The first-order chi connectivity index (χ1) is 11.5. The molecule has 7 heteroatoms. The van der Waals surface area contributed by atoms with Crippen molar-refractivity contribution < 1.29 is 8.42 Å². The van der Waals surface area contributed by atoms with Gasteiger partial charge in [0.1, 0.15) is 0 Å². The van der Waals surface area contributed by atoms with E-state index in [0.29, 0.717) is 23.8 Å². The van der Waals surface area contributed by atoms with Crippen LogP contribution in [0.25, 0.3) is 0 Å². The standard InChI is InChI=1S/C18H29N3O2S.HI/c1-3-19-18(21-13-7-9-16(2)15-21)20-12-8-14-24(22,23)17-10-5-4-6-11-17;/h4-6,10-11,16H,3,7-9,12-15H2,1-2H3,(H,19,20);1H. The quantitative estimate of drug-likeness (QED) is 0.295. The van der Waals surface area contributed by atoms with Crippen molar-refractivity contribution in [2.45, 2.75) is 38.0 Å². The van der Waals surface area contributed by atoms with Crippen molar-refractivity contribution in [1.82, 2.24) is 10.2 Å². The van der Waals surface area contributed by atoms with E-state index in [2.05, 4.69) is 29.1 Å².